The first-order valence-corrected chi connectivity index (χ1v) is 7.55. The van der Waals surface area contributed by atoms with Crippen molar-refractivity contribution in [1.29, 1.82) is 0 Å². The van der Waals surface area contributed by atoms with E-state index >= 15 is 0 Å². The van der Waals surface area contributed by atoms with Crippen LogP contribution < -0.4 is 10.2 Å². The Balaban J connectivity index is 1.84. The van der Waals surface area contributed by atoms with Gasteiger partial charge in [-0.15, -0.1) is 5.10 Å². The highest BCUT2D eigenvalue weighted by Gasteiger charge is 2.16. The number of piperazine rings is 1. The zero-order valence-electron chi connectivity index (χ0n) is 12.5. The van der Waals surface area contributed by atoms with Gasteiger partial charge in [-0.25, -0.2) is 9.50 Å². The molecular formula is C16H18N6. The van der Waals surface area contributed by atoms with Crippen LogP contribution in [-0.4, -0.2) is 45.8 Å². The molecule has 1 saturated heterocycles. The summed E-state index contributed by atoms with van der Waals surface area (Å²) in [4.78, 5) is 11.0. The lowest BCUT2D eigenvalue weighted by Crippen LogP contribution is -2.44. The smallest absolute Gasteiger partial charge is 0.154 e. The van der Waals surface area contributed by atoms with Crippen molar-refractivity contribution in [2.24, 2.45) is 0 Å². The van der Waals surface area contributed by atoms with Crippen molar-refractivity contribution in [3.8, 4) is 11.3 Å². The standard InChI is InChI=1S/C16H18N6/c1-12-16(13-4-6-17-7-5-13)22-14(19-12)2-3-15(20-22)21-10-8-18-9-11-21/h2-7,18H,8-11H2,1H3. The number of anilines is 1. The van der Waals surface area contributed by atoms with E-state index in [2.05, 4.69) is 26.3 Å². The molecule has 6 heteroatoms. The summed E-state index contributed by atoms with van der Waals surface area (Å²) in [6, 6.07) is 8.09. The van der Waals surface area contributed by atoms with Gasteiger partial charge in [0, 0.05) is 44.1 Å². The molecule has 0 atom stereocenters. The quantitative estimate of drug-likeness (QED) is 0.776. The van der Waals surface area contributed by atoms with Crippen LogP contribution in [0.3, 0.4) is 0 Å². The molecule has 3 aromatic heterocycles. The average Bonchev–Trinajstić information content (AvgIpc) is 2.91. The fourth-order valence-electron chi connectivity index (χ4n) is 2.94. The highest BCUT2D eigenvalue weighted by atomic mass is 15.3. The van der Waals surface area contributed by atoms with Crippen LogP contribution in [0.25, 0.3) is 16.9 Å². The lowest BCUT2D eigenvalue weighted by molar-refractivity contribution is 0.582. The molecule has 22 heavy (non-hydrogen) atoms. The Morgan fingerprint density at radius 3 is 2.59 bits per heavy atom. The Morgan fingerprint density at radius 1 is 1.05 bits per heavy atom. The lowest BCUT2D eigenvalue weighted by atomic mass is 10.2. The molecule has 0 amide bonds. The van der Waals surface area contributed by atoms with E-state index in [0.29, 0.717) is 0 Å². The molecule has 0 unspecified atom stereocenters. The highest BCUT2D eigenvalue weighted by Crippen LogP contribution is 2.24. The van der Waals surface area contributed by atoms with Gasteiger partial charge >= 0.3 is 0 Å². The highest BCUT2D eigenvalue weighted by molar-refractivity contribution is 5.66. The molecule has 112 valence electrons. The van der Waals surface area contributed by atoms with Gasteiger partial charge in [0.25, 0.3) is 0 Å². The second-order valence-corrected chi connectivity index (χ2v) is 5.48. The van der Waals surface area contributed by atoms with Gasteiger partial charge in [-0.05, 0) is 31.2 Å². The molecule has 4 heterocycles. The number of nitrogens with one attached hydrogen (secondary N) is 1. The van der Waals surface area contributed by atoms with E-state index in [-0.39, 0.29) is 0 Å². The lowest BCUT2D eigenvalue weighted by Gasteiger charge is -2.28. The third kappa shape index (κ3) is 2.21. The molecule has 0 bridgehead atoms. The number of hydrogen-bond acceptors (Lipinski definition) is 5. The van der Waals surface area contributed by atoms with E-state index in [0.717, 1.165) is 54.6 Å². The predicted octanol–water partition coefficient (Wildman–Crippen LogP) is 1.51. The first-order chi connectivity index (χ1) is 10.8. The van der Waals surface area contributed by atoms with E-state index in [9.17, 15) is 0 Å². The van der Waals surface area contributed by atoms with Gasteiger partial charge in [-0.3, -0.25) is 4.98 Å². The molecule has 0 aliphatic carbocycles. The molecule has 1 N–H and O–H groups in total. The Bertz CT molecular complexity index is 789. The number of hydrogen-bond donors (Lipinski definition) is 1. The number of imidazole rings is 1. The molecule has 4 rings (SSSR count). The van der Waals surface area contributed by atoms with Crippen LogP contribution >= 0.6 is 0 Å². The third-order valence-corrected chi connectivity index (χ3v) is 4.03. The van der Waals surface area contributed by atoms with Gasteiger partial charge in [-0.2, -0.15) is 0 Å². The Labute approximate surface area is 128 Å². The van der Waals surface area contributed by atoms with Crippen LogP contribution in [0.5, 0.6) is 0 Å². The summed E-state index contributed by atoms with van der Waals surface area (Å²) in [5, 5.41) is 8.20. The van der Waals surface area contributed by atoms with Gasteiger partial charge < -0.3 is 10.2 Å². The topological polar surface area (TPSA) is 58.4 Å². The maximum Gasteiger partial charge on any atom is 0.154 e. The number of pyridine rings is 1. The van der Waals surface area contributed by atoms with Crippen LogP contribution in [0.4, 0.5) is 5.82 Å². The Kier molecular flexibility index (Phi) is 3.23. The fraction of sp³-hybridized carbons (Fsp3) is 0.312. The molecule has 0 radical (unpaired) electrons. The van der Waals surface area contributed by atoms with Crippen molar-refractivity contribution < 1.29 is 0 Å². The van der Waals surface area contributed by atoms with Crippen molar-refractivity contribution in [2.75, 3.05) is 31.1 Å². The first-order valence-electron chi connectivity index (χ1n) is 7.55. The SMILES string of the molecule is Cc1nc2ccc(N3CCNCC3)nn2c1-c1ccncc1. The molecule has 0 aromatic carbocycles. The van der Waals surface area contributed by atoms with Crippen LogP contribution in [0.1, 0.15) is 5.69 Å². The Morgan fingerprint density at radius 2 is 1.82 bits per heavy atom. The van der Waals surface area contributed by atoms with Crippen molar-refractivity contribution in [2.45, 2.75) is 6.92 Å². The molecule has 1 fully saturated rings. The summed E-state index contributed by atoms with van der Waals surface area (Å²) in [5.74, 6) is 1.00. The predicted molar refractivity (Wildman–Crippen MR) is 86.0 cm³/mol. The van der Waals surface area contributed by atoms with E-state index in [4.69, 9.17) is 5.10 Å². The largest absolute Gasteiger partial charge is 0.353 e. The zero-order chi connectivity index (χ0) is 14.9. The van der Waals surface area contributed by atoms with Gasteiger partial charge in [-0.1, -0.05) is 0 Å². The third-order valence-electron chi connectivity index (χ3n) is 4.03. The van der Waals surface area contributed by atoms with Gasteiger partial charge in [0.1, 0.15) is 5.82 Å². The zero-order valence-corrected chi connectivity index (χ0v) is 12.5. The number of aryl methyl sites for hydroxylation is 1. The summed E-state index contributed by atoms with van der Waals surface area (Å²) >= 11 is 0. The number of aromatic nitrogens is 4. The van der Waals surface area contributed by atoms with Crippen LogP contribution in [0, 0.1) is 6.92 Å². The van der Waals surface area contributed by atoms with E-state index < -0.39 is 0 Å². The molecule has 3 aromatic rings. The average molecular weight is 294 g/mol. The van der Waals surface area contributed by atoms with Gasteiger partial charge in [0.2, 0.25) is 0 Å². The minimum atomic E-state index is 0.878. The Hall–Kier alpha value is -2.47. The molecular weight excluding hydrogens is 276 g/mol. The number of nitrogens with zero attached hydrogens (tertiary/aromatic N) is 5. The summed E-state index contributed by atoms with van der Waals surface area (Å²) < 4.78 is 1.95. The van der Waals surface area contributed by atoms with Crippen molar-refractivity contribution in [1.82, 2.24) is 24.9 Å². The van der Waals surface area contributed by atoms with Crippen molar-refractivity contribution >= 4 is 11.5 Å². The summed E-state index contributed by atoms with van der Waals surface area (Å²) in [6.07, 6.45) is 3.60. The summed E-state index contributed by atoms with van der Waals surface area (Å²) in [7, 11) is 0. The molecule has 1 aliphatic heterocycles. The second-order valence-electron chi connectivity index (χ2n) is 5.48. The first kappa shape index (κ1) is 13.2. The van der Waals surface area contributed by atoms with E-state index in [1.165, 1.54) is 0 Å². The number of rotatable bonds is 2. The maximum absolute atomic E-state index is 4.83. The molecule has 1 aliphatic rings. The maximum atomic E-state index is 4.83. The molecule has 6 nitrogen and oxygen atoms in total. The number of fused-ring (bicyclic) bond motifs is 1. The molecule has 0 saturated carbocycles. The molecule has 0 spiro atoms. The van der Waals surface area contributed by atoms with E-state index in [1.54, 1.807) is 12.4 Å². The van der Waals surface area contributed by atoms with Crippen LogP contribution in [0.2, 0.25) is 0 Å². The minimum Gasteiger partial charge on any atom is -0.353 e. The monoisotopic (exact) mass is 294 g/mol. The van der Waals surface area contributed by atoms with Crippen molar-refractivity contribution in [3.63, 3.8) is 0 Å². The minimum absolute atomic E-state index is 0.878. The fourth-order valence-corrected chi connectivity index (χ4v) is 2.94. The van der Waals surface area contributed by atoms with Gasteiger partial charge in [0.15, 0.2) is 5.65 Å². The summed E-state index contributed by atoms with van der Waals surface area (Å²) in [5.41, 5.74) is 3.98. The normalized spacial score (nSPS) is 15.4. The van der Waals surface area contributed by atoms with Gasteiger partial charge in [0.05, 0.1) is 11.4 Å². The van der Waals surface area contributed by atoms with E-state index in [1.807, 2.05) is 29.6 Å². The van der Waals surface area contributed by atoms with Crippen LogP contribution in [-0.2, 0) is 0 Å². The van der Waals surface area contributed by atoms with Crippen LogP contribution in [0.15, 0.2) is 36.7 Å². The summed E-state index contributed by atoms with van der Waals surface area (Å²) in [6.45, 7) is 5.99. The van der Waals surface area contributed by atoms with Crippen molar-refractivity contribution in [3.05, 3.63) is 42.4 Å². The second kappa shape index (κ2) is 5.38.